The molecule has 0 amide bonds. The summed E-state index contributed by atoms with van der Waals surface area (Å²) in [7, 11) is -3.72. The third-order valence-corrected chi connectivity index (χ3v) is 7.86. The van der Waals surface area contributed by atoms with Crippen molar-refractivity contribution < 1.29 is 17.9 Å². The first-order chi connectivity index (χ1) is 14.0. The maximum Gasteiger partial charge on any atom is 0.307 e. The van der Waals surface area contributed by atoms with Crippen LogP contribution < -0.4 is 0 Å². The van der Waals surface area contributed by atoms with Crippen LogP contribution in [0.3, 0.4) is 0 Å². The molecule has 0 N–H and O–H groups in total. The summed E-state index contributed by atoms with van der Waals surface area (Å²) in [5, 5.41) is 0. The fourth-order valence-corrected chi connectivity index (χ4v) is 6.17. The predicted molar refractivity (Wildman–Crippen MR) is 111 cm³/mol. The molecular formula is C23H27NO4S. The molecule has 2 aliphatic rings. The summed E-state index contributed by atoms with van der Waals surface area (Å²) in [6.07, 6.45) is 4.85. The fraction of sp³-hybridized carbons (Fsp3) is 0.435. The molecule has 0 spiro atoms. The molecule has 154 valence electrons. The van der Waals surface area contributed by atoms with Crippen LogP contribution in [0.5, 0.6) is 0 Å². The van der Waals surface area contributed by atoms with Gasteiger partial charge < -0.3 is 4.74 Å². The Labute approximate surface area is 172 Å². The van der Waals surface area contributed by atoms with E-state index in [9.17, 15) is 13.2 Å². The lowest BCUT2D eigenvalue weighted by Gasteiger charge is -2.36. The Balaban J connectivity index is 1.72. The van der Waals surface area contributed by atoms with Crippen molar-refractivity contribution in [2.75, 3.05) is 13.2 Å². The number of sulfonamides is 1. The molecule has 5 nitrogen and oxygen atoms in total. The van der Waals surface area contributed by atoms with Crippen LogP contribution in [-0.4, -0.2) is 31.8 Å². The van der Waals surface area contributed by atoms with Gasteiger partial charge in [-0.25, -0.2) is 8.42 Å². The average Bonchev–Trinajstić information content (AvgIpc) is 2.73. The van der Waals surface area contributed by atoms with Gasteiger partial charge in [-0.05, 0) is 73.4 Å². The number of hydrogen-bond acceptors (Lipinski definition) is 4. The normalized spacial score (nSPS) is 19.3. The van der Waals surface area contributed by atoms with Crippen LogP contribution >= 0.6 is 0 Å². The zero-order valence-corrected chi connectivity index (χ0v) is 17.6. The van der Waals surface area contributed by atoms with Gasteiger partial charge in [-0.2, -0.15) is 4.31 Å². The van der Waals surface area contributed by atoms with Crippen LogP contribution in [-0.2, 0) is 38.8 Å². The Bertz CT molecular complexity index is 1020. The summed E-state index contributed by atoms with van der Waals surface area (Å²) in [6.45, 7) is 2.40. The number of aryl methyl sites for hydroxylation is 2. The van der Waals surface area contributed by atoms with Crippen molar-refractivity contribution in [3.63, 3.8) is 0 Å². The van der Waals surface area contributed by atoms with Crippen molar-refractivity contribution in [2.45, 2.75) is 56.4 Å². The van der Waals surface area contributed by atoms with Crippen molar-refractivity contribution >= 4 is 16.0 Å². The molecule has 0 radical (unpaired) electrons. The van der Waals surface area contributed by atoms with Gasteiger partial charge in [0.05, 0.1) is 24.0 Å². The van der Waals surface area contributed by atoms with Gasteiger partial charge in [0.2, 0.25) is 10.0 Å². The Morgan fingerprint density at radius 1 is 1.03 bits per heavy atom. The second kappa shape index (κ2) is 8.28. The number of esters is 1. The van der Waals surface area contributed by atoms with Crippen LogP contribution in [0, 0.1) is 0 Å². The lowest BCUT2D eigenvalue weighted by Crippen LogP contribution is -2.41. The predicted octanol–water partition coefficient (Wildman–Crippen LogP) is 3.81. The Hall–Kier alpha value is -2.18. The maximum absolute atomic E-state index is 13.6. The standard InChI is InChI=1S/C23H27NO4S/c1-2-28-23(25)16-22-21-10-6-5-8-18(21)13-14-24(22)29(26,27)20-12-11-17-7-3-4-9-19(17)15-20/h5-6,8,10-12,15,22H,2-4,7,9,13-14,16H2,1H3/t22-/m1/s1. The molecule has 0 saturated carbocycles. The monoisotopic (exact) mass is 413 g/mol. The highest BCUT2D eigenvalue weighted by molar-refractivity contribution is 7.89. The molecule has 0 bridgehead atoms. The van der Waals surface area contributed by atoms with Gasteiger partial charge in [0.25, 0.3) is 0 Å². The van der Waals surface area contributed by atoms with E-state index in [1.165, 1.54) is 9.87 Å². The van der Waals surface area contributed by atoms with E-state index < -0.39 is 16.1 Å². The SMILES string of the molecule is CCOC(=O)C[C@@H]1c2ccccc2CCN1S(=O)(=O)c1ccc2c(c1)CCCC2. The Morgan fingerprint density at radius 3 is 2.59 bits per heavy atom. The summed E-state index contributed by atoms with van der Waals surface area (Å²) in [4.78, 5) is 12.6. The highest BCUT2D eigenvalue weighted by Gasteiger charge is 2.38. The molecular weight excluding hydrogens is 386 g/mol. The molecule has 0 fully saturated rings. The van der Waals surface area contributed by atoms with Gasteiger partial charge in [-0.3, -0.25) is 4.79 Å². The van der Waals surface area contributed by atoms with Crippen molar-refractivity contribution in [3.05, 3.63) is 64.7 Å². The lowest BCUT2D eigenvalue weighted by atomic mass is 9.92. The van der Waals surface area contributed by atoms with Crippen LogP contribution in [0.15, 0.2) is 47.4 Å². The molecule has 0 unspecified atom stereocenters. The smallest absolute Gasteiger partial charge is 0.307 e. The van der Waals surface area contributed by atoms with E-state index in [1.807, 2.05) is 36.4 Å². The van der Waals surface area contributed by atoms with Gasteiger partial charge >= 0.3 is 5.97 Å². The van der Waals surface area contributed by atoms with Crippen LogP contribution in [0.2, 0.25) is 0 Å². The zero-order valence-electron chi connectivity index (χ0n) is 16.8. The van der Waals surface area contributed by atoms with Crippen molar-refractivity contribution in [3.8, 4) is 0 Å². The van der Waals surface area contributed by atoms with E-state index in [2.05, 4.69) is 0 Å². The minimum absolute atomic E-state index is 0.0228. The number of benzene rings is 2. The highest BCUT2D eigenvalue weighted by atomic mass is 32.2. The summed E-state index contributed by atoms with van der Waals surface area (Å²) < 4.78 is 33.8. The molecule has 2 aromatic rings. The summed E-state index contributed by atoms with van der Waals surface area (Å²) in [5.41, 5.74) is 4.38. The molecule has 6 heteroatoms. The van der Waals surface area contributed by atoms with Crippen LogP contribution in [0.4, 0.5) is 0 Å². The Kier molecular flexibility index (Phi) is 5.74. The third kappa shape index (κ3) is 3.96. The largest absolute Gasteiger partial charge is 0.466 e. The maximum atomic E-state index is 13.6. The summed E-state index contributed by atoms with van der Waals surface area (Å²) >= 11 is 0. The molecule has 1 aliphatic heterocycles. The molecule has 1 heterocycles. The van der Waals surface area contributed by atoms with E-state index in [4.69, 9.17) is 4.74 Å². The van der Waals surface area contributed by atoms with E-state index in [-0.39, 0.29) is 19.0 Å². The van der Waals surface area contributed by atoms with Crippen molar-refractivity contribution in [1.29, 1.82) is 0 Å². The molecule has 0 saturated heterocycles. The first-order valence-electron chi connectivity index (χ1n) is 10.4. The molecule has 29 heavy (non-hydrogen) atoms. The van der Waals surface area contributed by atoms with E-state index in [1.54, 1.807) is 13.0 Å². The number of carbonyl (C=O) groups is 1. The van der Waals surface area contributed by atoms with Gasteiger partial charge in [0.15, 0.2) is 0 Å². The topological polar surface area (TPSA) is 63.7 Å². The first kappa shape index (κ1) is 20.1. The third-order valence-electron chi connectivity index (χ3n) is 5.96. The molecule has 1 atom stereocenters. The van der Waals surface area contributed by atoms with E-state index in [0.717, 1.165) is 42.4 Å². The number of carbonyl (C=O) groups excluding carboxylic acids is 1. The first-order valence-corrected chi connectivity index (χ1v) is 11.8. The number of ether oxygens (including phenoxy) is 1. The molecule has 1 aliphatic carbocycles. The second-order valence-corrected chi connectivity index (χ2v) is 9.62. The number of nitrogens with zero attached hydrogens (tertiary/aromatic N) is 1. The van der Waals surface area contributed by atoms with Gasteiger partial charge in [-0.1, -0.05) is 30.3 Å². The number of fused-ring (bicyclic) bond motifs is 2. The average molecular weight is 414 g/mol. The Morgan fingerprint density at radius 2 is 1.79 bits per heavy atom. The zero-order chi connectivity index (χ0) is 20.4. The number of rotatable bonds is 5. The highest BCUT2D eigenvalue weighted by Crippen LogP contribution is 2.37. The minimum atomic E-state index is -3.72. The summed E-state index contributed by atoms with van der Waals surface area (Å²) in [6, 6.07) is 12.8. The second-order valence-electron chi connectivity index (χ2n) is 7.73. The minimum Gasteiger partial charge on any atom is -0.466 e. The van der Waals surface area contributed by atoms with E-state index in [0.29, 0.717) is 17.9 Å². The van der Waals surface area contributed by atoms with Gasteiger partial charge in [-0.15, -0.1) is 0 Å². The van der Waals surface area contributed by atoms with E-state index >= 15 is 0 Å². The van der Waals surface area contributed by atoms with Crippen molar-refractivity contribution in [2.24, 2.45) is 0 Å². The lowest BCUT2D eigenvalue weighted by molar-refractivity contribution is -0.144. The van der Waals surface area contributed by atoms with Crippen LogP contribution in [0.25, 0.3) is 0 Å². The number of hydrogen-bond donors (Lipinski definition) is 0. The molecule has 0 aromatic heterocycles. The molecule has 2 aromatic carbocycles. The van der Waals surface area contributed by atoms with Crippen molar-refractivity contribution in [1.82, 2.24) is 4.31 Å². The van der Waals surface area contributed by atoms with Gasteiger partial charge in [0, 0.05) is 6.54 Å². The fourth-order valence-electron chi connectivity index (χ4n) is 4.51. The quantitative estimate of drug-likeness (QED) is 0.700. The summed E-state index contributed by atoms with van der Waals surface area (Å²) in [5.74, 6) is -0.375. The molecule has 4 rings (SSSR count). The van der Waals surface area contributed by atoms with Gasteiger partial charge in [0.1, 0.15) is 0 Å². The van der Waals surface area contributed by atoms with Crippen LogP contribution in [0.1, 0.15) is 54.5 Å².